The molecule has 4 rings (SSSR count). The molecule has 0 saturated heterocycles. The van der Waals surface area contributed by atoms with Crippen molar-refractivity contribution in [1.82, 2.24) is 0 Å². The normalized spacial score (nSPS) is 15.4. The van der Waals surface area contributed by atoms with Crippen LogP contribution in [-0.4, -0.2) is 13.0 Å². The highest BCUT2D eigenvalue weighted by atomic mass is 32.2. The number of hydrogen-bond acceptors (Lipinski definition) is 5. The summed E-state index contributed by atoms with van der Waals surface area (Å²) in [6.07, 6.45) is -0.411. The van der Waals surface area contributed by atoms with Gasteiger partial charge >= 0.3 is 6.18 Å². The van der Waals surface area contributed by atoms with Gasteiger partial charge in [0.2, 0.25) is 0 Å². The molecule has 0 N–H and O–H groups in total. The SMILES string of the molecule is CC(C)(Oc1ccc(Oc2ccc(S(=O)(=O)[O-])c(C3CCCCC3)c2)cc1C(F)(F)F)c1ccccc1. The van der Waals surface area contributed by atoms with Crippen molar-refractivity contribution in [3.05, 3.63) is 83.4 Å². The molecule has 37 heavy (non-hydrogen) atoms. The summed E-state index contributed by atoms with van der Waals surface area (Å²) in [5.74, 6) is -0.411. The molecule has 0 atom stereocenters. The summed E-state index contributed by atoms with van der Waals surface area (Å²) in [5, 5.41) is 0. The van der Waals surface area contributed by atoms with E-state index in [1.54, 1.807) is 38.1 Å². The molecule has 0 unspecified atom stereocenters. The molecule has 0 radical (unpaired) electrons. The molecule has 0 aliphatic heterocycles. The van der Waals surface area contributed by atoms with Gasteiger partial charge in [0.1, 0.15) is 38.5 Å². The maximum atomic E-state index is 14.0. The molecule has 1 saturated carbocycles. The van der Waals surface area contributed by atoms with E-state index in [2.05, 4.69) is 0 Å². The van der Waals surface area contributed by atoms with Crippen LogP contribution in [-0.2, 0) is 21.9 Å². The summed E-state index contributed by atoms with van der Waals surface area (Å²) >= 11 is 0. The van der Waals surface area contributed by atoms with E-state index in [1.807, 2.05) is 6.07 Å². The van der Waals surface area contributed by atoms with Crippen LogP contribution in [0, 0.1) is 0 Å². The third-order valence-electron chi connectivity index (χ3n) is 6.62. The fourth-order valence-electron chi connectivity index (χ4n) is 4.74. The minimum absolute atomic E-state index is 0.0930. The van der Waals surface area contributed by atoms with Gasteiger partial charge in [-0.15, -0.1) is 0 Å². The van der Waals surface area contributed by atoms with Gasteiger partial charge in [-0.05, 0) is 80.1 Å². The predicted molar refractivity (Wildman–Crippen MR) is 132 cm³/mol. The Balaban J connectivity index is 1.66. The topological polar surface area (TPSA) is 75.7 Å². The van der Waals surface area contributed by atoms with Crippen molar-refractivity contribution in [1.29, 1.82) is 0 Å². The number of hydrogen-bond donors (Lipinski definition) is 0. The summed E-state index contributed by atoms with van der Waals surface area (Å²) in [4.78, 5) is -0.311. The van der Waals surface area contributed by atoms with Crippen molar-refractivity contribution < 1.29 is 35.6 Å². The fourth-order valence-corrected chi connectivity index (χ4v) is 5.49. The first-order valence-electron chi connectivity index (χ1n) is 12.1. The average molecular weight is 534 g/mol. The molecule has 198 valence electrons. The van der Waals surface area contributed by atoms with Crippen molar-refractivity contribution in [2.24, 2.45) is 0 Å². The largest absolute Gasteiger partial charge is 0.744 e. The molecule has 3 aromatic rings. The molecule has 3 aromatic carbocycles. The van der Waals surface area contributed by atoms with E-state index in [-0.39, 0.29) is 28.1 Å². The fraction of sp³-hybridized carbons (Fsp3) is 0.357. The number of alkyl halides is 3. The molecule has 0 bridgehead atoms. The maximum Gasteiger partial charge on any atom is 0.420 e. The van der Waals surface area contributed by atoms with Crippen molar-refractivity contribution in [3.8, 4) is 17.2 Å². The lowest BCUT2D eigenvalue weighted by molar-refractivity contribution is -0.140. The molecule has 0 spiro atoms. The summed E-state index contributed by atoms with van der Waals surface area (Å²) in [6, 6.07) is 16.3. The van der Waals surface area contributed by atoms with Gasteiger partial charge in [0.15, 0.2) is 0 Å². The summed E-state index contributed by atoms with van der Waals surface area (Å²) in [7, 11) is -4.72. The summed E-state index contributed by atoms with van der Waals surface area (Å²) in [6.45, 7) is 3.37. The average Bonchev–Trinajstić information content (AvgIpc) is 2.84. The minimum atomic E-state index is -4.72. The van der Waals surface area contributed by atoms with Crippen molar-refractivity contribution in [2.75, 3.05) is 0 Å². The Morgan fingerprint density at radius 1 is 0.865 bits per heavy atom. The van der Waals surface area contributed by atoms with E-state index in [0.717, 1.165) is 38.2 Å². The highest BCUT2D eigenvalue weighted by Gasteiger charge is 2.37. The highest BCUT2D eigenvalue weighted by molar-refractivity contribution is 7.85. The van der Waals surface area contributed by atoms with Gasteiger partial charge < -0.3 is 14.0 Å². The van der Waals surface area contributed by atoms with Crippen molar-refractivity contribution in [3.63, 3.8) is 0 Å². The lowest BCUT2D eigenvalue weighted by Gasteiger charge is -2.29. The van der Waals surface area contributed by atoms with E-state index in [4.69, 9.17) is 9.47 Å². The first kappa shape index (κ1) is 27.0. The van der Waals surface area contributed by atoms with Crippen molar-refractivity contribution in [2.45, 2.75) is 68.5 Å². The zero-order valence-corrected chi connectivity index (χ0v) is 21.4. The molecular weight excluding hydrogens is 505 g/mol. The molecule has 1 fully saturated rings. The number of halogens is 3. The van der Waals surface area contributed by atoms with E-state index in [1.165, 1.54) is 30.3 Å². The minimum Gasteiger partial charge on any atom is -0.744 e. The van der Waals surface area contributed by atoms with Gasteiger partial charge in [0, 0.05) is 0 Å². The molecule has 9 heteroatoms. The first-order chi connectivity index (χ1) is 17.3. The van der Waals surface area contributed by atoms with E-state index >= 15 is 0 Å². The standard InChI is InChI=1S/C28H29F3O5S/c1-27(2,20-11-7-4-8-12-20)36-25-15-13-22(18-24(25)28(29,30)31)35-21-14-16-26(37(32,33)34)23(17-21)19-9-5-3-6-10-19/h4,7-8,11-19H,3,5-6,9-10H2,1-2H3,(H,32,33,34)/p-1. The van der Waals surface area contributed by atoms with Gasteiger partial charge in [-0.3, -0.25) is 0 Å². The van der Waals surface area contributed by atoms with Crippen LogP contribution in [0.5, 0.6) is 17.2 Å². The van der Waals surface area contributed by atoms with Crippen LogP contribution in [0.25, 0.3) is 0 Å². The van der Waals surface area contributed by atoms with Gasteiger partial charge in [0.25, 0.3) is 0 Å². The number of rotatable bonds is 7. The second kappa shape index (κ2) is 10.4. The van der Waals surface area contributed by atoms with Crippen LogP contribution >= 0.6 is 0 Å². The summed E-state index contributed by atoms with van der Waals surface area (Å²) < 4.78 is 89.1. The van der Waals surface area contributed by atoms with Gasteiger partial charge in [0.05, 0.1) is 4.90 Å². The predicted octanol–water partition coefficient (Wildman–Crippen LogP) is 7.76. The highest BCUT2D eigenvalue weighted by Crippen LogP contribution is 2.43. The molecule has 1 aliphatic carbocycles. The molecule has 5 nitrogen and oxygen atoms in total. The van der Waals surface area contributed by atoms with Crippen LogP contribution < -0.4 is 9.47 Å². The maximum absolute atomic E-state index is 14.0. The summed E-state index contributed by atoms with van der Waals surface area (Å²) in [5.41, 5.74) is -0.960. The van der Waals surface area contributed by atoms with E-state index in [0.29, 0.717) is 11.1 Å². The Bertz CT molecular complexity index is 1350. The van der Waals surface area contributed by atoms with Crippen LogP contribution in [0.15, 0.2) is 71.6 Å². The van der Waals surface area contributed by atoms with Crippen LogP contribution in [0.1, 0.15) is 68.6 Å². The zero-order valence-electron chi connectivity index (χ0n) is 20.5. The third kappa shape index (κ3) is 6.45. The molecule has 0 heterocycles. The molecule has 0 aromatic heterocycles. The van der Waals surface area contributed by atoms with Crippen LogP contribution in [0.4, 0.5) is 13.2 Å². The molecule has 0 amide bonds. The van der Waals surface area contributed by atoms with Gasteiger partial charge in [-0.25, -0.2) is 8.42 Å². The monoisotopic (exact) mass is 533 g/mol. The molecular formula is C28H28F3O5S-. The Kier molecular flexibility index (Phi) is 7.57. The Labute approximate surface area is 215 Å². The second-order valence-electron chi connectivity index (χ2n) is 9.72. The number of ether oxygens (including phenoxy) is 2. The Morgan fingerprint density at radius 2 is 1.49 bits per heavy atom. The second-order valence-corrected chi connectivity index (χ2v) is 11.1. The Morgan fingerprint density at radius 3 is 2.11 bits per heavy atom. The van der Waals surface area contributed by atoms with Gasteiger partial charge in [-0.1, -0.05) is 49.6 Å². The zero-order chi connectivity index (χ0) is 26.8. The van der Waals surface area contributed by atoms with Gasteiger partial charge in [-0.2, -0.15) is 13.2 Å². The van der Waals surface area contributed by atoms with Crippen LogP contribution in [0.3, 0.4) is 0 Å². The smallest absolute Gasteiger partial charge is 0.420 e. The lowest BCUT2D eigenvalue weighted by atomic mass is 9.84. The van der Waals surface area contributed by atoms with Crippen molar-refractivity contribution >= 4 is 10.1 Å². The first-order valence-corrected chi connectivity index (χ1v) is 13.5. The van der Waals surface area contributed by atoms with E-state index < -0.39 is 27.5 Å². The Hall–Kier alpha value is -3.04. The third-order valence-corrected chi connectivity index (χ3v) is 7.53. The quantitative estimate of drug-likeness (QED) is 0.290. The lowest BCUT2D eigenvalue weighted by Crippen LogP contribution is -2.26. The van der Waals surface area contributed by atoms with E-state index in [9.17, 15) is 26.1 Å². The molecule has 1 aliphatic rings. The number of benzene rings is 3. The van der Waals surface area contributed by atoms with Crippen LogP contribution in [0.2, 0.25) is 0 Å².